The van der Waals surface area contributed by atoms with E-state index in [9.17, 15) is 16.8 Å². The van der Waals surface area contributed by atoms with Crippen molar-refractivity contribution in [2.75, 3.05) is 0 Å². The maximum absolute atomic E-state index is 13.4. The molecule has 0 aliphatic carbocycles. The molecule has 0 radical (unpaired) electrons. The molecule has 0 amide bonds. The second-order valence-corrected chi connectivity index (χ2v) is 14.8. The summed E-state index contributed by atoms with van der Waals surface area (Å²) in [7, 11) is -8.27. The van der Waals surface area contributed by atoms with Gasteiger partial charge in [0, 0.05) is 9.79 Å². The van der Waals surface area contributed by atoms with Gasteiger partial charge in [-0.25, -0.2) is 16.8 Å². The zero-order valence-electron chi connectivity index (χ0n) is 27.1. The summed E-state index contributed by atoms with van der Waals surface area (Å²) in [5.41, 5.74) is 5.65. The van der Waals surface area contributed by atoms with E-state index in [0.717, 1.165) is 11.1 Å². The van der Waals surface area contributed by atoms with Gasteiger partial charge in [-0.1, -0.05) is 151 Å². The summed E-state index contributed by atoms with van der Waals surface area (Å²) < 4.78 is 62.0. The summed E-state index contributed by atoms with van der Waals surface area (Å²) in [6, 6.07) is 36.8. The van der Waals surface area contributed by atoms with Crippen molar-refractivity contribution in [3.8, 4) is 0 Å². The first kappa shape index (κ1) is 38.0. The molecule has 0 aromatic heterocycles. The Morgan fingerprint density at radius 2 is 0.723 bits per heavy atom. The summed E-state index contributed by atoms with van der Waals surface area (Å²) >= 11 is 0. The van der Waals surface area contributed by atoms with Crippen molar-refractivity contribution < 1.29 is 36.3 Å². The van der Waals surface area contributed by atoms with Gasteiger partial charge in [-0.15, -0.1) is 12.1 Å². The smallest absolute Gasteiger partial charge is 0.539 e. The predicted molar refractivity (Wildman–Crippen MR) is 187 cm³/mol. The molecule has 5 rings (SSSR count). The standard InChI is InChI=1S/C28H26N2O4S2.C10H14.Ru/c1-21-13-17-25(18-14-21)35(31,32)29-27(23-9-5-3-6-10-23)28(24-11-7-4-8-12-24)30-36(33,34)26-19-15-22(2)16-20-26;1-8(2)10-6-4-9(3)5-7-10;/h3-20,27-28H,1-2H3;4-8H,1-3H3;/q-2;;+2/t27-,28-;;/m0../s1. The van der Waals surface area contributed by atoms with Crippen molar-refractivity contribution in [1.82, 2.24) is 0 Å². The van der Waals surface area contributed by atoms with Crippen molar-refractivity contribution in [2.45, 2.75) is 62.4 Å². The van der Waals surface area contributed by atoms with Crippen LogP contribution in [0.2, 0.25) is 0 Å². The first-order chi connectivity index (χ1) is 21.9. The zero-order chi connectivity index (χ0) is 33.3. The second kappa shape index (κ2) is 17.1. The molecule has 0 saturated heterocycles. The molecule has 0 N–H and O–H groups in total. The molecule has 246 valence electrons. The SMILES string of the molecule is Cc1ccc(C(C)C)cc1.Cc1ccc(S(=O)(=O)[N-][C@@H](c2ccccc2)[C@@H]([N-]S(=O)(=O)c2ccc(C)cc2)c2ccccc2)cc1.[Ru+2]. The molecule has 0 saturated carbocycles. The van der Waals surface area contributed by atoms with Crippen LogP contribution < -0.4 is 0 Å². The van der Waals surface area contributed by atoms with Crippen molar-refractivity contribution in [3.05, 3.63) is 176 Å². The van der Waals surface area contributed by atoms with E-state index in [1.807, 2.05) is 13.8 Å². The number of sulfonamides is 2. The van der Waals surface area contributed by atoms with E-state index in [-0.39, 0.29) is 29.3 Å². The maximum atomic E-state index is 13.4. The van der Waals surface area contributed by atoms with Crippen LogP contribution in [0.4, 0.5) is 0 Å². The van der Waals surface area contributed by atoms with Crippen LogP contribution in [0.1, 0.15) is 65.2 Å². The van der Waals surface area contributed by atoms with Gasteiger partial charge in [-0.3, -0.25) is 0 Å². The van der Waals surface area contributed by atoms with Crippen molar-refractivity contribution in [1.29, 1.82) is 0 Å². The molecular weight excluding hydrogens is 714 g/mol. The first-order valence-electron chi connectivity index (χ1n) is 15.1. The van der Waals surface area contributed by atoms with Gasteiger partial charge in [0.15, 0.2) is 0 Å². The first-order valence-corrected chi connectivity index (χ1v) is 18.0. The molecule has 5 aromatic rings. The normalized spacial score (nSPS) is 12.7. The summed E-state index contributed by atoms with van der Waals surface area (Å²) in [5.74, 6) is 0.653. The Morgan fingerprint density at radius 1 is 0.426 bits per heavy atom. The number of aryl methyl sites for hydroxylation is 3. The molecule has 9 heteroatoms. The van der Waals surface area contributed by atoms with Gasteiger partial charge >= 0.3 is 19.5 Å². The third kappa shape index (κ3) is 10.8. The Bertz CT molecular complexity index is 1780. The minimum atomic E-state index is -4.13. The van der Waals surface area contributed by atoms with E-state index in [2.05, 4.69) is 54.5 Å². The van der Waals surface area contributed by atoms with Gasteiger partial charge in [-0.2, -0.15) is 0 Å². The molecule has 2 atom stereocenters. The van der Waals surface area contributed by atoms with Gasteiger partial charge in [0.1, 0.15) is 20.0 Å². The fraction of sp³-hybridized carbons (Fsp3) is 0.211. The van der Waals surface area contributed by atoms with E-state index in [0.29, 0.717) is 17.0 Å². The Balaban J connectivity index is 0.000000467. The summed E-state index contributed by atoms with van der Waals surface area (Å²) in [6.45, 7) is 10.3. The maximum Gasteiger partial charge on any atom is 2.00 e. The average Bonchev–Trinajstić information content (AvgIpc) is 3.04. The van der Waals surface area contributed by atoms with Gasteiger partial charge in [0.2, 0.25) is 0 Å². The van der Waals surface area contributed by atoms with Crippen molar-refractivity contribution in [2.24, 2.45) is 0 Å². The molecule has 0 aliphatic heterocycles. The fourth-order valence-corrected chi connectivity index (χ4v) is 6.97. The van der Waals surface area contributed by atoms with Crippen LogP contribution >= 0.6 is 0 Å². The van der Waals surface area contributed by atoms with Gasteiger partial charge in [-0.05, 0) is 56.5 Å². The second-order valence-electron chi connectivity index (χ2n) is 11.6. The molecular formula is C38H40N2O4RuS2. The van der Waals surface area contributed by atoms with Crippen molar-refractivity contribution in [3.63, 3.8) is 0 Å². The number of hydrogen-bond acceptors (Lipinski definition) is 4. The molecule has 5 aromatic carbocycles. The molecule has 0 fully saturated rings. The fourth-order valence-electron chi connectivity index (χ4n) is 4.69. The molecule has 0 aliphatic rings. The molecule has 0 bridgehead atoms. The Labute approximate surface area is 293 Å². The van der Waals surface area contributed by atoms with Gasteiger partial charge in [0.05, 0.1) is 0 Å². The molecule has 0 heterocycles. The van der Waals surface area contributed by atoms with Crippen LogP contribution in [0.15, 0.2) is 143 Å². The summed E-state index contributed by atoms with van der Waals surface area (Å²) in [4.78, 5) is 0.0597. The number of benzene rings is 5. The van der Waals surface area contributed by atoms with Crippen LogP contribution in [-0.2, 0) is 39.5 Å². The summed E-state index contributed by atoms with van der Waals surface area (Å²) in [6.07, 6.45) is 0. The minimum absolute atomic E-state index is 0. The Kier molecular flexibility index (Phi) is 13.8. The number of rotatable bonds is 10. The number of hydrogen-bond donors (Lipinski definition) is 0. The summed E-state index contributed by atoms with van der Waals surface area (Å²) in [5, 5.41) is 0. The van der Waals surface area contributed by atoms with Crippen LogP contribution in [0, 0.1) is 20.8 Å². The third-order valence-electron chi connectivity index (χ3n) is 7.47. The molecule has 0 spiro atoms. The van der Waals surface area contributed by atoms with Crippen LogP contribution in [-0.4, -0.2) is 16.8 Å². The topological polar surface area (TPSA) is 96.5 Å². The van der Waals surface area contributed by atoms with Gasteiger partial charge < -0.3 is 9.44 Å². The zero-order valence-corrected chi connectivity index (χ0v) is 30.5. The molecule has 47 heavy (non-hydrogen) atoms. The van der Waals surface area contributed by atoms with Crippen molar-refractivity contribution >= 4 is 20.0 Å². The largest absolute Gasteiger partial charge is 2.00 e. The van der Waals surface area contributed by atoms with E-state index in [1.165, 1.54) is 35.4 Å². The van der Waals surface area contributed by atoms with E-state index >= 15 is 0 Å². The molecule has 6 nitrogen and oxygen atoms in total. The average molecular weight is 754 g/mol. The van der Waals surface area contributed by atoms with Crippen LogP contribution in [0.25, 0.3) is 9.44 Å². The van der Waals surface area contributed by atoms with E-state index in [1.54, 1.807) is 84.9 Å². The van der Waals surface area contributed by atoms with Crippen LogP contribution in [0.3, 0.4) is 0 Å². The van der Waals surface area contributed by atoms with Crippen LogP contribution in [0.5, 0.6) is 0 Å². The monoisotopic (exact) mass is 754 g/mol. The van der Waals surface area contributed by atoms with Gasteiger partial charge in [0.25, 0.3) is 0 Å². The quantitative estimate of drug-likeness (QED) is 0.133. The number of nitrogens with zero attached hydrogens (tertiary/aromatic N) is 2. The minimum Gasteiger partial charge on any atom is -0.539 e. The van der Waals surface area contributed by atoms with E-state index in [4.69, 9.17) is 0 Å². The third-order valence-corrected chi connectivity index (χ3v) is 10.2. The van der Waals surface area contributed by atoms with E-state index < -0.39 is 32.1 Å². The molecule has 0 unspecified atom stereocenters. The Morgan fingerprint density at radius 3 is 1.02 bits per heavy atom. The predicted octanol–water partition coefficient (Wildman–Crippen LogP) is 9.73. The Hall–Kier alpha value is -3.46.